The van der Waals surface area contributed by atoms with E-state index < -0.39 is 54.4 Å². The van der Waals surface area contributed by atoms with E-state index >= 15 is 0 Å². The largest absolute Gasteiger partial charge is 0.467 e. The lowest BCUT2D eigenvalue weighted by Crippen LogP contribution is -2.63. The summed E-state index contributed by atoms with van der Waals surface area (Å²) in [5.41, 5.74) is 1.16. The number of benzene rings is 1. The summed E-state index contributed by atoms with van der Waals surface area (Å²) in [7, 11) is 1.13. The first-order chi connectivity index (χ1) is 14.7. The fourth-order valence-corrected chi connectivity index (χ4v) is 3.33. The van der Waals surface area contributed by atoms with Gasteiger partial charge in [-0.05, 0) is 5.56 Å². The van der Waals surface area contributed by atoms with Gasteiger partial charge in [-0.2, -0.15) is 0 Å². The second-order valence-corrected chi connectivity index (χ2v) is 6.90. The molecule has 1 aliphatic rings. The third kappa shape index (κ3) is 6.35. The monoisotopic (exact) mass is 436 g/mol. The van der Waals surface area contributed by atoms with Crippen LogP contribution in [0.1, 0.15) is 36.7 Å². The second-order valence-electron chi connectivity index (χ2n) is 6.90. The maximum Gasteiger partial charge on any atom is 0.339 e. The van der Waals surface area contributed by atoms with E-state index in [2.05, 4.69) is 0 Å². The van der Waals surface area contributed by atoms with Gasteiger partial charge in [0.15, 0.2) is 24.4 Å². The van der Waals surface area contributed by atoms with E-state index in [1.165, 1.54) is 0 Å². The van der Waals surface area contributed by atoms with E-state index in [1.807, 2.05) is 0 Å². The van der Waals surface area contributed by atoms with E-state index in [0.717, 1.165) is 27.9 Å². The molecular formula is C21H24O10. The maximum atomic E-state index is 12.4. The Morgan fingerprint density at radius 2 is 1.39 bits per heavy atom. The van der Waals surface area contributed by atoms with Gasteiger partial charge in [0, 0.05) is 32.8 Å². The number of carbonyl (C=O) groups excluding carboxylic acids is 5. The van der Waals surface area contributed by atoms with Crippen molar-refractivity contribution in [2.75, 3.05) is 7.11 Å². The first-order valence-electron chi connectivity index (χ1n) is 9.45. The third-order valence-corrected chi connectivity index (χ3v) is 4.53. The van der Waals surface area contributed by atoms with Crippen LogP contribution >= 0.6 is 0 Å². The second kappa shape index (κ2) is 10.7. The number of esters is 4. The van der Waals surface area contributed by atoms with Crippen molar-refractivity contribution >= 4 is 30.2 Å². The molecule has 0 aromatic heterocycles. The Kier molecular flexibility index (Phi) is 8.26. The number of hydrogen-bond acceptors (Lipinski definition) is 10. The van der Waals surface area contributed by atoms with Gasteiger partial charge in [0.05, 0.1) is 7.11 Å². The highest BCUT2D eigenvalue weighted by Crippen LogP contribution is 2.31. The average molecular weight is 436 g/mol. The molecule has 0 aliphatic carbocycles. The van der Waals surface area contributed by atoms with Crippen molar-refractivity contribution in [1.82, 2.24) is 0 Å². The molecule has 10 heteroatoms. The van der Waals surface area contributed by atoms with Crippen LogP contribution in [-0.2, 0) is 49.3 Å². The molecule has 1 unspecified atom stereocenters. The fraction of sp³-hybridized carbons (Fsp3) is 0.476. The Bertz CT molecular complexity index is 831. The summed E-state index contributed by atoms with van der Waals surface area (Å²) >= 11 is 0. The van der Waals surface area contributed by atoms with Gasteiger partial charge in [0.2, 0.25) is 0 Å². The molecule has 1 aliphatic heterocycles. The van der Waals surface area contributed by atoms with Crippen molar-refractivity contribution in [3.8, 4) is 0 Å². The van der Waals surface area contributed by atoms with Gasteiger partial charge < -0.3 is 23.7 Å². The third-order valence-electron chi connectivity index (χ3n) is 4.53. The van der Waals surface area contributed by atoms with Crippen LogP contribution in [0.15, 0.2) is 24.3 Å². The van der Waals surface area contributed by atoms with Crippen LogP contribution in [0.3, 0.4) is 0 Å². The molecule has 0 bridgehead atoms. The van der Waals surface area contributed by atoms with Gasteiger partial charge in [-0.1, -0.05) is 24.3 Å². The number of carbonyl (C=O) groups is 5. The summed E-state index contributed by atoms with van der Waals surface area (Å²) in [5.74, 6) is -3.04. The van der Waals surface area contributed by atoms with Crippen LogP contribution in [0, 0.1) is 0 Å². The van der Waals surface area contributed by atoms with Crippen molar-refractivity contribution in [2.24, 2.45) is 0 Å². The van der Waals surface area contributed by atoms with Crippen molar-refractivity contribution in [3.63, 3.8) is 0 Å². The molecule has 1 heterocycles. The smallest absolute Gasteiger partial charge is 0.339 e. The zero-order chi connectivity index (χ0) is 23.1. The van der Waals surface area contributed by atoms with E-state index in [9.17, 15) is 24.0 Å². The number of hydrogen-bond donors (Lipinski definition) is 0. The quantitative estimate of drug-likeness (QED) is 0.343. The van der Waals surface area contributed by atoms with Gasteiger partial charge in [0.1, 0.15) is 12.4 Å². The Labute approximate surface area is 178 Å². The SMILES string of the molecule is COC(=O)[C@H]1OC(Cc2ccc(C=O)cc2)[C@H](OC(C)=O)[C@@H](OC(C)=O)[C@@H]1OC(C)=O. The van der Waals surface area contributed by atoms with Crippen molar-refractivity contribution in [2.45, 2.75) is 57.7 Å². The Morgan fingerprint density at radius 1 is 0.871 bits per heavy atom. The number of aldehydes is 1. The molecule has 0 saturated carbocycles. The van der Waals surface area contributed by atoms with Crippen LogP contribution in [-0.4, -0.2) is 67.8 Å². The van der Waals surface area contributed by atoms with Gasteiger partial charge >= 0.3 is 23.9 Å². The predicted molar refractivity (Wildman–Crippen MR) is 103 cm³/mol. The van der Waals surface area contributed by atoms with Crippen LogP contribution in [0.5, 0.6) is 0 Å². The maximum absolute atomic E-state index is 12.4. The van der Waals surface area contributed by atoms with Crippen molar-refractivity contribution in [1.29, 1.82) is 0 Å². The molecule has 2 rings (SSSR count). The zero-order valence-electron chi connectivity index (χ0n) is 17.6. The lowest BCUT2D eigenvalue weighted by molar-refractivity contribution is -0.248. The molecule has 1 aromatic rings. The first kappa shape index (κ1) is 24.0. The molecule has 5 atom stereocenters. The van der Waals surface area contributed by atoms with Gasteiger partial charge in [0.25, 0.3) is 0 Å². The standard InChI is InChI=1S/C21H24O10/c1-11(23)28-17-16(9-14-5-7-15(10-22)8-6-14)31-20(21(26)27-4)19(30-13(3)25)18(17)29-12(2)24/h5-8,10,16-20H,9H2,1-4H3/t16?,17-,18+,19-,20-/m0/s1. The zero-order valence-corrected chi connectivity index (χ0v) is 17.6. The van der Waals surface area contributed by atoms with Crippen molar-refractivity contribution in [3.05, 3.63) is 35.4 Å². The highest BCUT2D eigenvalue weighted by Gasteiger charge is 2.54. The minimum atomic E-state index is -1.43. The lowest BCUT2D eigenvalue weighted by Gasteiger charge is -2.43. The van der Waals surface area contributed by atoms with E-state index in [1.54, 1.807) is 24.3 Å². The van der Waals surface area contributed by atoms with Crippen LogP contribution in [0.2, 0.25) is 0 Å². The normalized spacial score (nSPS) is 25.1. The molecule has 1 fully saturated rings. The highest BCUT2D eigenvalue weighted by atomic mass is 16.7. The van der Waals surface area contributed by atoms with Crippen LogP contribution in [0.25, 0.3) is 0 Å². The fourth-order valence-electron chi connectivity index (χ4n) is 3.33. The summed E-state index contributed by atoms with van der Waals surface area (Å²) in [5, 5.41) is 0. The minimum absolute atomic E-state index is 0.134. The molecule has 0 amide bonds. The van der Waals surface area contributed by atoms with E-state index in [0.29, 0.717) is 17.4 Å². The van der Waals surface area contributed by atoms with E-state index in [-0.39, 0.29) is 6.42 Å². The topological polar surface area (TPSA) is 132 Å². The summed E-state index contributed by atoms with van der Waals surface area (Å²) in [6.45, 7) is 3.40. The van der Waals surface area contributed by atoms with Crippen LogP contribution < -0.4 is 0 Å². The molecular weight excluding hydrogens is 412 g/mol. The first-order valence-corrected chi connectivity index (χ1v) is 9.45. The Morgan fingerprint density at radius 3 is 1.87 bits per heavy atom. The number of rotatable bonds is 7. The van der Waals surface area contributed by atoms with Gasteiger partial charge in [-0.25, -0.2) is 4.79 Å². The minimum Gasteiger partial charge on any atom is -0.467 e. The molecule has 10 nitrogen and oxygen atoms in total. The highest BCUT2D eigenvalue weighted by molar-refractivity contribution is 5.77. The van der Waals surface area contributed by atoms with Crippen LogP contribution in [0.4, 0.5) is 0 Å². The van der Waals surface area contributed by atoms with Gasteiger partial charge in [-0.3, -0.25) is 19.2 Å². The van der Waals surface area contributed by atoms with Gasteiger partial charge in [-0.15, -0.1) is 0 Å². The summed E-state index contributed by atoms with van der Waals surface area (Å²) in [6, 6.07) is 6.53. The molecule has 0 spiro atoms. The summed E-state index contributed by atoms with van der Waals surface area (Å²) < 4.78 is 26.5. The van der Waals surface area contributed by atoms with Crippen molar-refractivity contribution < 1.29 is 47.7 Å². The number of ether oxygens (including phenoxy) is 5. The Hall–Kier alpha value is -3.27. The molecule has 0 N–H and O–H groups in total. The number of methoxy groups -OCH3 is 1. The molecule has 31 heavy (non-hydrogen) atoms. The molecule has 1 saturated heterocycles. The summed E-state index contributed by atoms with van der Waals surface area (Å²) in [4.78, 5) is 58.4. The molecule has 1 aromatic carbocycles. The lowest BCUT2D eigenvalue weighted by atomic mass is 9.90. The average Bonchev–Trinajstić information content (AvgIpc) is 2.71. The Balaban J connectivity index is 2.47. The van der Waals surface area contributed by atoms with E-state index in [4.69, 9.17) is 23.7 Å². The molecule has 168 valence electrons. The molecule has 0 radical (unpaired) electrons. The predicted octanol–water partition coefficient (Wildman–Crippen LogP) is 0.777. The summed E-state index contributed by atoms with van der Waals surface area (Å²) in [6.07, 6.45) is -5.45.